The number of aliphatic imine (C=N–C) groups is 1. The molecule has 1 N–H and O–H groups in total. The monoisotopic (exact) mass is 294 g/mol. The molecular formula is C11H10N4O4S. The third-order valence-electron chi connectivity index (χ3n) is 2.53. The topological polar surface area (TPSA) is 105 Å². The van der Waals surface area contributed by atoms with Crippen LogP contribution < -0.4 is 5.32 Å². The number of rotatable bonds is 2. The molecule has 2 heterocycles. The summed E-state index contributed by atoms with van der Waals surface area (Å²) in [5.74, 6) is -0.811. The van der Waals surface area contributed by atoms with Crippen molar-refractivity contribution in [1.82, 2.24) is 10.2 Å². The van der Waals surface area contributed by atoms with Crippen molar-refractivity contribution in [3.8, 4) is 0 Å². The number of hydrogen-bond acceptors (Lipinski definition) is 6. The number of likely N-dealkylation sites (N-methyl/N-ethyl adjacent to an activating group) is 1. The lowest BCUT2D eigenvalue weighted by Gasteiger charge is -2.14. The van der Waals surface area contributed by atoms with Gasteiger partial charge in [-0.25, -0.2) is 0 Å². The van der Waals surface area contributed by atoms with E-state index in [4.69, 9.17) is 0 Å². The number of thiophene rings is 1. The Bertz CT molecular complexity index is 661. The fourth-order valence-corrected chi connectivity index (χ4v) is 2.32. The minimum absolute atomic E-state index is 0.0494. The average Bonchev–Trinajstić information content (AvgIpc) is 2.90. The number of nitrogens with one attached hydrogen (secondary N) is 1. The Hall–Kier alpha value is -2.55. The predicted molar refractivity (Wildman–Crippen MR) is 73.0 cm³/mol. The van der Waals surface area contributed by atoms with E-state index < -0.39 is 10.8 Å². The second-order valence-electron chi connectivity index (χ2n) is 3.95. The molecule has 0 saturated carbocycles. The molecule has 0 atom stereocenters. The van der Waals surface area contributed by atoms with Gasteiger partial charge in [-0.3, -0.25) is 25.0 Å². The maximum Gasteiger partial charge on any atom is 0.331 e. The summed E-state index contributed by atoms with van der Waals surface area (Å²) < 4.78 is 0. The highest BCUT2D eigenvalue weighted by Crippen LogP contribution is 2.29. The lowest BCUT2D eigenvalue weighted by molar-refractivity contribution is -0.380. The van der Waals surface area contributed by atoms with E-state index in [1.165, 1.54) is 17.9 Å². The Morgan fingerprint density at radius 3 is 2.90 bits per heavy atom. The summed E-state index contributed by atoms with van der Waals surface area (Å²) in [6.45, 7) is 1.30. The summed E-state index contributed by atoms with van der Waals surface area (Å²) in [4.78, 5) is 38.1. The SMILES string of the molecule is CC(=O)NC1=NC(=O)/C(=C\c2ccsc2[N+](=O)[O-])N1C. The summed E-state index contributed by atoms with van der Waals surface area (Å²) in [7, 11) is 1.55. The van der Waals surface area contributed by atoms with E-state index in [1.54, 1.807) is 18.5 Å². The molecular weight excluding hydrogens is 284 g/mol. The van der Waals surface area contributed by atoms with Crippen molar-refractivity contribution in [3.63, 3.8) is 0 Å². The van der Waals surface area contributed by atoms with Gasteiger partial charge in [-0.2, -0.15) is 4.99 Å². The number of carbonyl (C=O) groups is 2. The third-order valence-corrected chi connectivity index (χ3v) is 3.41. The van der Waals surface area contributed by atoms with Gasteiger partial charge >= 0.3 is 5.00 Å². The minimum atomic E-state index is -0.559. The van der Waals surface area contributed by atoms with Gasteiger partial charge in [-0.05, 0) is 17.5 Å². The van der Waals surface area contributed by atoms with Crippen molar-refractivity contribution in [2.45, 2.75) is 6.92 Å². The Kier molecular flexibility index (Phi) is 3.61. The third kappa shape index (κ3) is 2.57. The van der Waals surface area contributed by atoms with Gasteiger partial charge < -0.3 is 4.90 Å². The maximum absolute atomic E-state index is 11.8. The normalized spacial score (nSPS) is 16.5. The molecule has 0 radical (unpaired) electrons. The number of hydrogen-bond donors (Lipinski definition) is 1. The van der Waals surface area contributed by atoms with E-state index in [0.29, 0.717) is 5.56 Å². The lowest BCUT2D eigenvalue weighted by atomic mass is 10.2. The molecule has 0 fully saturated rings. The number of guanidine groups is 1. The number of nitro groups is 1. The van der Waals surface area contributed by atoms with E-state index in [2.05, 4.69) is 10.3 Å². The molecule has 1 aromatic heterocycles. The molecule has 0 spiro atoms. The summed E-state index contributed by atoms with van der Waals surface area (Å²) in [6, 6.07) is 1.55. The molecule has 1 aliphatic heterocycles. The van der Waals surface area contributed by atoms with Crippen LogP contribution in [0.5, 0.6) is 0 Å². The highest BCUT2D eigenvalue weighted by Gasteiger charge is 2.28. The van der Waals surface area contributed by atoms with Gasteiger partial charge in [-0.15, -0.1) is 0 Å². The number of nitrogens with zero attached hydrogens (tertiary/aromatic N) is 3. The van der Waals surface area contributed by atoms with Crippen LogP contribution in [0.25, 0.3) is 6.08 Å². The van der Waals surface area contributed by atoms with Crippen LogP contribution in [0.3, 0.4) is 0 Å². The molecule has 8 nitrogen and oxygen atoms in total. The average molecular weight is 294 g/mol. The van der Waals surface area contributed by atoms with E-state index >= 15 is 0 Å². The molecule has 0 aromatic carbocycles. The molecule has 9 heteroatoms. The van der Waals surface area contributed by atoms with Crippen molar-refractivity contribution in [2.24, 2.45) is 4.99 Å². The van der Waals surface area contributed by atoms with Crippen LogP contribution in [0.4, 0.5) is 5.00 Å². The van der Waals surface area contributed by atoms with Crippen LogP contribution in [-0.2, 0) is 9.59 Å². The molecule has 1 aromatic rings. The maximum atomic E-state index is 11.8. The van der Waals surface area contributed by atoms with Crippen molar-refractivity contribution < 1.29 is 14.5 Å². The first kappa shape index (κ1) is 13.9. The fourth-order valence-electron chi connectivity index (χ4n) is 1.63. The quantitative estimate of drug-likeness (QED) is 0.497. The van der Waals surface area contributed by atoms with Crippen LogP contribution in [-0.4, -0.2) is 34.6 Å². The van der Waals surface area contributed by atoms with Crippen LogP contribution in [0.15, 0.2) is 22.1 Å². The van der Waals surface area contributed by atoms with E-state index in [-0.39, 0.29) is 22.6 Å². The van der Waals surface area contributed by atoms with Gasteiger partial charge in [-0.1, -0.05) is 11.3 Å². The molecule has 2 rings (SSSR count). The van der Waals surface area contributed by atoms with Gasteiger partial charge in [0.05, 0.1) is 10.5 Å². The highest BCUT2D eigenvalue weighted by molar-refractivity contribution is 7.13. The van der Waals surface area contributed by atoms with E-state index in [0.717, 1.165) is 11.3 Å². The first-order valence-corrected chi connectivity index (χ1v) is 6.36. The molecule has 2 amide bonds. The van der Waals surface area contributed by atoms with E-state index in [1.807, 2.05) is 0 Å². The highest BCUT2D eigenvalue weighted by atomic mass is 32.1. The first-order chi connectivity index (χ1) is 9.40. The summed E-state index contributed by atoms with van der Waals surface area (Å²) in [6.07, 6.45) is 1.38. The van der Waals surface area contributed by atoms with Gasteiger partial charge in [0.1, 0.15) is 5.70 Å². The van der Waals surface area contributed by atoms with Gasteiger partial charge in [0.15, 0.2) is 0 Å². The standard InChI is InChI=1S/C11H10N4O4S/c1-6(16)12-11-13-9(17)8(14(11)2)5-7-3-4-20-10(7)15(18)19/h3-5H,1-2H3,(H,12,13,16,17)/b8-5+. The Balaban J connectivity index is 2.33. The molecule has 0 bridgehead atoms. The van der Waals surface area contributed by atoms with Crippen molar-refractivity contribution >= 4 is 40.2 Å². The van der Waals surface area contributed by atoms with Crippen molar-refractivity contribution in [2.75, 3.05) is 7.05 Å². The van der Waals surface area contributed by atoms with Gasteiger partial charge in [0.25, 0.3) is 5.91 Å². The van der Waals surface area contributed by atoms with Gasteiger partial charge in [0.2, 0.25) is 11.9 Å². The summed E-state index contributed by atoms with van der Waals surface area (Å²) in [5, 5.41) is 14.8. The van der Waals surface area contributed by atoms with Crippen molar-refractivity contribution in [1.29, 1.82) is 0 Å². The molecule has 0 saturated heterocycles. The second-order valence-corrected chi connectivity index (χ2v) is 4.84. The molecule has 0 aliphatic carbocycles. The molecule has 1 aliphatic rings. The Morgan fingerprint density at radius 1 is 1.60 bits per heavy atom. The van der Waals surface area contributed by atoms with Crippen LogP contribution in [0.1, 0.15) is 12.5 Å². The molecule has 104 valence electrons. The zero-order valence-electron chi connectivity index (χ0n) is 10.6. The summed E-state index contributed by atoms with van der Waals surface area (Å²) in [5.41, 5.74) is 0.490. The smallest absolute Gasteiger partial charge is 0.310 e. The van der Waals surface area contributed by atoms with Gasteiger partial charge in [0, 0.05) is 14.0 Å². The zero-order valence-corrected chi connectivity index (χ0v) is 11.4. The van der Waals surface area contributed by atoms with Crippen LogP contribution >= 0.6 is 11.3 Å². The minimum Gasteiger partial charge on any atom is -0.310 e. The van der Waals surface area contributed by atoms with Crippen molar-refractivity contribution in [3.05, 3.63) is 32.8 Å². The molecule has 20 heavy (non-hydrogen) atoms. The predicted octanol–water partition coefficient (Wildman–Crippen LogP) is 0.961. The number of carbonyl (C=O) groups excluding carboxylic acids is 2. The first-order valence-electron chi connectivity index (χ1n) is 5.48. The number of amides is 2. The zero-order chi connectivity index (χ0) is 14.9. The Labute approximate surface area is 117 Å². The van der Waals surface area contributed by atoms with Crippen LogP contribution in [0, 0.1) is 10.1 Å². The summed E-state index contributed by atoms with van der Waals surface area (Å²) >= 11 is 0.974. The largest absolute Gasteiger partial charge is 0.331 e. The van der Waals surface area contributed by atoms with E-state index in [9.17, 15) is 19.7 Å². The second kappa shape index (κ2) is 5.21. The molecule has 0 unspecified atom stereocenters. The van der Waals surface area contributed by atoms with Crippen LogP contribution in [0.2, 0.25) is 0 Å². The Morgan fingerprint density at radius 2 is 2.30 bits per heavy atom. The fraction of sp³-hybridized carbons (Fsp3) is 0.182. The lowest BCUT2D eigenvalue weighted by Crippen LogP contribution is -2.37.